The van der Waals surface area contributed by atoms with Gasteiger partial charge in [-0.05, 0) is 84.1 Å². The number of esters is 1. The molecular formula is C23H33NO5. The summed E-state index contributed by atoms with van der Waals surface area (Å²) in [6.45, 7) is 13.8. The molecule has 6 nitrogen and oxygen atoms in total. The van der Waals surface area contributed by atoms with Crippen molar-refractivity contribution in [2.24, 2.45) is 5.92 Å². The molecule has 0 saturated carbocycles. The zero-order valence-corrected chi connectivity index (χ0v) is 18.6. The smallest absolute Gasteiger partial charge is 0.410 e. The number of likely N-dealkylation sites (tertiary alicyclic amines) is 1. The van der Waals surface area contributed by atoms with Crippen molar-refractivity contribution in [3.8, 4) is 0 Å². The molecule has 0 aliphatic carbocycles. The first kappa shape index (κ1) is 22.9. The van der Waals surface area contributed by atoms with E-state index < -0.39 is 11.7 Å². The summed E-state index contributed by atoms with van der Waals surface area (Å²) in [6, 6.07) is 3.83. The first-order valence-electron chi connectivity index (χ1n) is 10.2. The number of aryl methyl sites for hydroxylation is 3. The monoisotopic (exact) mass is 403 g/mol. The fraction of sp³-hybridized carbons (Fsp3) is 0.609. The van der Waals surface area contributed by atoms with E-state index in [1.165, 1.54) is 0 Å². The summed E-state index contributed by atoms with van der Waals surface area (Å²) >= 11 is 0. The number of benzene rings is 1. The van der Waals surface area contributed by atoms with Crippen molar-refractivity contribution in [3.63, 3.8) is 0 Å². The van der Waals surface area contributed by atoms with E-state index in [9.17, 15) is 14.4 Å². The number of nitrogens with zero attached hydrogens (tertiary/aromatic N) is 1. The molecule has 1 amide bonds. The van der Waals surface area contributed by atoms with Crippen LogP contribution >= 0.6 is 0 Å². The van der Waals surface area contributed by atoms with E-state index in [1.54, 1.807) is 11.8 Å². The average Bonchev–Trinajstić information content (AvgIpc) is 2.62. The summed E-state index contributed by atoms with van der Waals surface area (Å²) < 4.78 is 10.9. The Morgan fingerprint density at radius 3 is 2.10 bits per heavy atom. The Bertz CT molecular complexity index is 785. The number of Topliss-reactive ketones (excluding diaryl/α,β-unsaturated/α-hetero) is 1. The summed E-state index contributed by atoms with van der Waals surface area (Å²) in [5.74, 6) is -0.883. The number of rotatable bonds is 4. The number of amides is 1. The molecule has 160 valence electrons. The molecule has 1 fully saturated rings. The SMILES string of the molecule is Cc1cc(C)c(C(=O)[C@H](C)OC(=O)C2CCN(C(=O)OC(C)(C)C)CC2)cc1C. The van der Waals surface area contributed by atoms with Crippen molar-refractivity contribution >= 4 is 17.8 Å². The standard InChI is InChI=1S/C23H33NO5/c1-14-12-16(3)19(13-15(14)2)20(25)17(4)28-21(26)18-8-10-24(11-9-18)22(27)29-23(5,6)7/h12-13,17-18H,8-11H2,1-7H3/t17-/m0/s1. The van der Waals surface area contributed by atoms with Gasteiger partial charge in [-0.15, -0.1) is 0 Å². The normalized spacial score (nSPS) is 16.3. The highest BCUT2D eigenvalue weighted by Gasteiger charge is 2.32. The molecular weight excluding hydrogens is 370 g/mol. The lowest BCUT2D eigenvalue weighted by Gasteiger charge is -2.32. The van der Waals surface area contributed by atoms with Crippen molar-refractivity contribution in [2.45, 2.75) is 73.0 Å². The lowest BCUT2D eigenvalue weighted by molar-refractivity contribution is -0.152. The Kier molecular flexibility index (Phi) is 7.09. The summed E-state index contributed by atoms with van der Waals surface area (Å²) in [6.07, 6.45) is -0.200. The van der Waals surface area contributed by atoms with Gasteiger partial charge >= 0.3 is 12.1 Å². The quantitative estimate of drug-likeness (QED) is 0.551. The van der Waals surface area contributed by atoms with Gasteiger partial charge in [-0.3, -0.25) is 9.59 Å². The molecule has 1 aromatic carbocycles. The maximum atomic E-state index is 12.8. The molecule has 2 rings (SSSR count). The van der Waals surface area contributed by atoms with Gasteiger partial charge in [-0.1, -0.05) is 6.07 Å². The van der Waals surface area contributed by atoms with Crippen LogP contribution in [0.5, 0.6) is 0 Å². The summed E-state index contributed by atoms with van der Waals surface area (Å²) in [4.78, 5) is 39.1. The zero-order valence-electron chi connectivity index (χ0n) is 18.6. The van der Waals surface area contributed by atoms with Crippen LogP contribution < -0.4 is 0 Å². The molecule has 1 aromatic rings. The maximum absolute atomic E-state index is 12.8. The number of hydrogen-bond donors (Lipinski definition) is 0. The molecule has 29 heavy (non-hydrogen) atoms. The van der Waals surface area contributed by atoms with Crippen LogP contribution in [0, 0.1) is 26.7 Å². The molecule has 0 unspecified atom stereocenters. The van der Waals surface area contributed by atoms with E-state index in [2.05, 4.69) is 0 Å². The van der Waals surface area contributed by atoms with Gasteiger partial charge in [-0.2, -0.15) is 0 Å². The fourth-order valence-electron chi connectivity index (χ4n) is 3.39. The molecule has 0 radical (unpaired) electrons. The molecule has 1 aliphatic heterocycles. The second kappa shape index (κ2) is 8.97. The van der Waals surface area contributed by atoms with Crippen LogP contribution in [-0.4, -0.2) is 47.5 Å². The fourth-order valence-corrected chi connectivity index (χ4v) is 3.39. The van der Waals surface area contributed by atoms with Gasteiger partial charge in [0.25, 0.3) is 0 Å². The minimum atomic E-state index is -0.841. The largest absolute Gasteiger partial charge is 0.454 e. The number of carbonyl (C=O) groups is 3. The first-order chi connectivity index (χ1) is 13.4. The third-order valence-electron chi connectivity index (χ3n) is 5.25. The molecule has 0 spiro atoms. The van der Waals surface area contributed by atoms with Crippen molar-refractivity contribution in [2.75, 3.05) is 13.1 Å². The van der Waals surface area contributed by atoms with Crippen LogP contribution in [0.4, 0.5) is 4.79 Å². The van der Waals surface area contributed by atoms with E-state index >= 15 is 0 Å². The molecule has 0 aromatic heterocycles. The Morgan fingerprint density at radius 2 is 1.55 bits per heavy atom. The van der Waals surface area contributed by atoms with Crippen molar-refractivity contribution < 1.29 is 23.9 Å². The highest BCUT2D eigenvalue weighted by molar-refractivity contribution is 6.01. The molecule has 1 aliphatic rings. The van der Waals surface area contributed by atoms with Crippen LogP contribution in [0.1, 0.15) is 67.6 Å². The van der Waals surface area contributed by atoms with E-state index in [4.69, 9.17) is 9.47 Å². The van der Waals surface area contributed by atoms with Crippen LogP contribution in [0.3, 0.4) is 0 Å². The van der Waals surface area contributed by atoms with E-state index in [1.807, 2.05) is 53.7 Å². The lowest BCUT2D eigenvalue weighted by atomic mass is 9.95. The van der Waals surface area contributed by atoms with Gasteiger partial charge in [0, 0.05) is 18.7 Å². The topological polar surface area (TPSA) is 72.9 Å². The number of carbonyl (C=O) groups excluding carboxylic acids is 3. The lowest BCUT2D eigenvalue weighted by Crippen LogP contribution is -2.43. The van der Waals surface area contributed by atoms with E-state index in [-0.39, 0.29) is 23.8 Å². The predicted octanol–water partition coefficient (Wildman–Crippen LogP) is 4.37. The summed E-state index contributed by atoms with van der Waals surface area (Å²) in [5, 5.41) is 0. The first-order valence-corrected chi connectivity index (χ1v) is 10.2. The third-order valence-corrected chi connectivity index (χ3v) is 5.25. The minimum absolute atomic E-state index is 0.190. The minimum Gasteiger partial charge on any atom is -0.454 e. The molecule has 0 N–H and O–H groups in total. The second-order valence-corrected chi connectivity index (χ2v) is 8.94. The Morgan fingerprint density at radius 1 is 1.00 bits per heavy atom. The number of hydrogen-bond acceptors (Lipinski definition) is 5. The van der Waals surface area contributed by atoms with Crippen LogP contribution in [0.15, 0.2) is 12.1 Å². The molecule has 1 heterocycles. The Hall–Kier alpha value is -2.37. The zero-order chi connectivity index (χ0) is 21.9. The van der Waals surface area contributed by atoms with Gasteiger partial charge in [0.2, 0.25) is 5.78 Å². The van der Waals surface area contributed by atoms with Crippen LogP contribution in [0.25, 0.3) is 0 Å². The van der Waals surface area contributed by atoms with Crippen molar-refractivity contribution in [3.05, 3.63) is 34.4 Å². The van der Waals surface area contributed by atoms with Gasteiger partial charge in [0.15, 0.2) is 6.10 Å². The van der Waals surface area contributed by atoms with Crippen LogP contribution in [0.2, 0.25) is 0 Å². The predicted molar refractivity (Wildman–Crippen MR) is 111 cm³/mol. The Labute approximate surface area is 173 Å². The maximum Gasteiger partial charge on any atom is 0.410 e. The Balaban J connectivity index is 1.92. The average molecular weight is 404 g/mol. The van der Waals surface area contributed by atoms with Gasteiger partial charge in [-0.25, -0.2) is 4.79 Å². The van der Waals surface area contributed by atoms with Crippen molar-refractivity contribution in [1.29, 1.82) is 0 Å². The molecule has 1 saturated heterocycles. The summed E-state index contributed by atoms with van der Waals surface area (Å²) in [5.41, 5.74) is 3.09. The van der Waals surface area contributed by atoms with E-state index in [0.717, 1.165) is 16.7 Å². The van der Waals surface area contributed by atoms with Crippen molar-refractivity contribution in [1.82, 2.24) is 4.90 Å². The number of ether oxygens (including phenoxy) is 2. The third kappa shape index (κ3) is 6.05. The number of piperidine rings is 1. The van der Waals surface area contributed by atoms with Crippen LogP contribution in [-0.2, 0) is 14.3 Å². The highest BCUT2D eigenvalue weighted by Crippen LogP contribution is 2.23. The molecule has 0 bridgehead atoms. The van der Waals surface area contributed by atoms with E-state index in [0.29, 0.717) is 31.5 Å². The van der Waals surface area contributed by atoms with Gasteiger partial charge in [0.1, 0.15) is 5.60 Å². The summed E-state index contributed by atoms with van der Waals surface area (Å²) in [7, 11) is 0. The molecule has 1 atom stereocenters. The molecule has 6 heteroatoms. The highest BCUT2D eigenvalue weighted by atomic mass is 16.6. The second-order valence-electron chi connectivity index (χ2n) is 8.94. The number of ketones is 1. The van der Waals surface area contributed by atoms with Gasteiger partial charge < -0.3 is 14.4 Å². The van der Waals surface area contributed by atoms with Gasteiger partial charge in [0.05, 0.1) is 5.92 Å².